The Hall–Kier alpha value is -7.64. The molecule has 3 aromatic rings. The lowest BCUT2D eigenvalue weighted by Gasteiger charge is -2.22. The van der Waals surface area contributed by atoms with Crippen LogP contribution in [-0.2, 0) is 60.4 Å². The summed E-state index contributed by atoms with van der Waals surface area (Å²) in [5.41, 5.74) is 46.0. The molecule has 4 atom stereocenters. The van der Waals surface area contributed by atoms with Crippen molar-refractivity contribution in [2.24, 2.45) is 56.2 Å². The summed E-state index contributed by atoms with van der Waals surface area (Å²) in [5, 5.41) is 28.3. The highest BCUT2D eigenvalue weighted by molar-refractivity contribution is 6.04. The van der Waals surface area contributed by atoms with Gasteiger partial charge in [-0.1, -0.05) is 24.3 Å². The zero-order valence-electron chi connectivity index (χ0n) is 50.5. The maximum atomic E-state index is 14.3. The monoisotopic (exact) mass is 1240 g/mol. The molecule has 1 aromatic heterocycles. The van der Waals surface area contributed by atoms with Crippen LogP contribution in [0.3, 0.4) is 0 Å². The summed E-state index contributed by atoms with van der Waals surface area (Å²) in [6.07, 6.45) is 3.05. The number of aromatic nitrogens is 2. The third-order valence-corrected chi connectivity index (χ3v) is 13.4. The number of nitrogens with two attached hydrogens (primary N) is 8. The number of phenols is 2. The van der Waals surface area contributed by atoms with Gasteiger partial charge in [-0.3, -0.25) is 38.8 Å². The van der Waals surface area contributed by atoms with E-state index >= 15 is 0 Å². The number of phenolic OH excluding ortho intramolecular Hbond substituents is 2. The van der Waals surface area contributed by atoms with Crippen LogP contribution in [0.4, 0.5) is 11.6 Å². The summed E-state index contributed by atoms with van der Waals surface area (Å²) in [7, 11) is 0. The molecule has 29 nitrogen and oxygen atoms in total. The molecule has 490 valence electrons. The average Bonchev–Trinajstić information content (AvgIpc) is 2.37. The summed E-state index contributed by atoms with van der Waals surface area (Å²) >= 11 is 0. The van der Waals surface area contributed by atoms with Gasteiger partial charge in [-0.15, -0.1) is 0 Å². The summed E-state index contributed by atoms with van der Waals surface area (Å²) in [6, 6.07) is 9.97. The summed E-state index contributed by atoms with van der Waals surface area (Å²) < 4.78 is 33.1. The number of carbonyl (C=O) groups excluding carboxylic acids is 6. The largest absolute Gasteiger partial charge is 0.508 e. The molecule has 0 aliphatic rings. The van der Waals surface area contributed by atoms with Gasteiger partial charge in [0.1, 0.15) is 11.5 Å². The number of unbranched alkanes of at least 4 members (excludes halogenated alkanes) is 1. The van der Waals surface area contributed by atoms with Gasteiger partial charge < -0.3 is 100 Å². The maximum Gasteiger partial charge on any atom is 0.274 e. The third kappa shape index (κ3) is 32.4. The fraction of sp³-hybridized carbons (Fsp3) is 0.593. The first kappa shape index (κ1) is 74.6. The number of nitrogen functional groups attached to an aromatic ring is 2. The van der Waals surface area contributed by atoms with E-state index in [-0.39, 0.29) is 93.8 Å². The maximum absolute atomic E-state index is 14.3. The van der Waals surface area contributed by atoms with E-state index < -0.39 is 82.7 Å². The second kappa shape index (κ2) is 44.7. The molecule has 21 N–H and O–H groups in total. The molecule has 0 fully saturated rings. The zero-order chi connectivity index (χ0) is 64.3. The molecule has 0 aliphatic carbocycles. The lowest BCUT2D eigenvalue weighted by atomic mass is 9.90. The number of anilines is 2. The second-order valence-electron chi connectivity index (χ2n) is 20.6. The Labute approximate surface area is 514 Å². The van der Waals surface area contributed by atoms with Crippen molar-refractivity contribution < 1.29 is 67.4 Å². The number of aromatic hydroxyl groups is 2. The number of carbonyl (C=O) groups is 6. The van der Waals surface area contributed by atoms with E-state index in [1.807, 2.05) is 0 Å². The molecule has 88 heavy (non-hydrogen) atoms. The summed E-state index contributed by atoms with van der Waals surface area (Å²) in [4.78, 5) is 101. The van der Waals surface area contributed by atoms with Crippen LogP contribution in [0.15, 0.2) is 58.5 Å². The van der Waals surface area contributed by atoms with Crippen LogP contribution < -0.4 is 61.8 Å². The first-order valence-electron chi connectivity index (χ1n) is 29.9. The number of ketones is 3. The van der Waals surface area contributed by atoms with Crippen LogP contribution in [0.2, 0.25) is 0 Å². The number of nitrogens with zero attached hydrogens (tertiary/aromatic N) is 4. The number of hydrogen-bond donors (Lipinski definition) is 13. The minimum atomic E-state index is -1.25. The van der Waals surface area contributed by atoms with E-state index in [2.05, 4.69) is 35.9 Å². The third-order valence-electron chi connectivity index (χ3n) is 13.4. The van der Waals surface area contributed by atoms with Gasteiger partial charge in [0.15, 0.2) is 52.3 Å². The van der Waals surface area contributed by atoms with Crippen molar-refractivity contribution in [2.45, 2.75) is 102 Å². The Morgan fingerprint density at radius 3 is 1.39 bits per heavy atom. The highest BCUT2D eigenvalue weighted by atomic mass is 16.5. The Kier molecular flexibility index (Phi) is 37.9. The van der Waals surface area contributed by atoms with Crippen LogP contribution in [0.25, 0.3) is 0 Å². The predicted molar refractivity (Wildman–Crippen MR) is 332 cm³/mol. The highest BCUT2D eigenvalue weighted by Crippen LogP contribution is 2.24. The van der Waals surface area contributed by atoms with Crippen molar-refractivity contribution in [3.05, 3.63) is 71.0 Å². The Balaban J connectivity index is 1.77. The van der Waals surface area contributed by atoms with Crippen LogP contribution in [-0.4, -0.2) is 191 Å². The molecule has 0 radical (unpaired) electrons. The molecular formula is C59H95N15O14. The Bertz CT molecular complexity index is 2590. The molecule has 3 amide bonds. The molecule has 0 saturated heterocycles. The Morgan fingerprint density at radius 1 is 0.489 bits per heavy atom. The van der Waals surface area contributed by atoms with E-state index in [0.29, 0.717) is 129 Å². The number of aliphatic imine (C=N–C) groups is 2. The first-order valence-corrected chi connectivity index (χ1v) is 29.9. The van der Waals surface area contributed by atoms with E-state index in [9.17, 15) is 39.0 Å². The SMILES string of the molecule is NCCCOCCOCCOCCCCC(=O)C(CCCN=C(N)N)NC(=O)[C@@H](CC(=O)c1nc(N)c(C(=O)N[C@@H](CCCN=C(N)N)C(=O)CC(Cc2ccc(O)cc2)C(=O)NCCCOCCOCCOCCCN)nc1N)Cc1ccc(O)cc1. The van der Waals surface area contributed by atoms with Gasteiger partial charge >= 0.3 is 0 Å². The summed E-state index contributed by atoms with van der Waals surface area (Å²) in [6.45, 7) is 6.65. The van der Waals surface area contributed by atoms with E-state index in [0.717, 1.165) is 12.8 Å². The van der Waals surface area contributed by atoms with Gasteiger partial charge in [0, 0.05) is 77.2 Å². The van der Waals surface area contributed by atoms with Crippen molar-refractivity contribution in [1.82, 2.24) is 25.9 Å². The smallest absolute Gasteiger partial charge is 0.274 e. The van der Waals surface area contributed by atoms with Crippen molar-refractivity contribution >= 4 is 58.6 Å². The minimum Gasteiger partial charge on any atom is -0.508 e. The van der Waals surface area contributed by atoms with E-state index in [1.165, 1.54) is 24.3 Å². The van der Waals surface area contributed by atoms with Crippen molar-refractivity contribution in [3.63, 3.8) is 0 Å². The lowest BCUT2D eigenvalue weighted by Crippen LogP contribution is -2.45. The average molecular weight is 1240 g/mol. The molecule has 0 aliphatic heterocycles. The molecule has 29 heteroatoms. The van der Waals surface area contributed by atoms with Crippen LogP contribution >= 0.6 is 0 Å². The van der Waals surface area contributed by atoms with Gasteiger partial charge in [-0.25, -0.2) is 9.97 Å². The fourth-order valence-electron chi connectivity index (χ4n) is 8.70. The van der Waals surface area contributed by atoms with Crippen LogP contribution in [0.5, 0.6) is 11.5 Å². The van der Waals surface area contributed by atoms with Gasteiger partial charge in [0.25, 0.3) is 5.91 Å². The standard InChI is InChI=1S/C59H95N15O14/c60-19-5-25-84-29-33-87-32-28-83-24-2-1-10-48(77)46(8-3-21-69-58(64)65)71-56(81)43(37-41-13-17-45(76)18-14-41)39-50(79)51-53(62)74-52(54(63)73-51)57(82)72-47(9-4-22-70-59(66)67)49(78)38-42(36-40-11-15-44(75)16-12-40)55(80)68-23-7-27-86-31-35-88-34-30-85-26-6-20-61/h11-18,42-43,46-47,75-76H,1-10,19-39,60-61H2,(H2,62,74)(H2,63,73)(H,68,80)(H,71,81)(H,72,82)(H4,64,65,69)(H4,66,67,70)/t42?,43-,46?,47+/m1/s1. The molecule has 0 spiro atoms. The molecule has 2 aromatic carbocycles. The first-order chi connectivity index (χ1) is 42.4. The van der Waals surface area contributed by atoms with Gasteiger partial charge in [0.05, 0.1) is 64.9 Å². The van der Waals surface area contributed by atoms with Crippen LogP contribution in [0, 0.1) is 11.8 Å². The van der Waals surface area contributed by atoms with Crippen molar-refractivity contribution in [2.75, 3.05) is 123 Å². The zero-order valence-corrected chi connectivity index (χ0v) is 50.5. The lowest BCUT2D eigenvalue weighted by molar-refractivity contribution is -0.130. The van der Waals surface area contributed by atoms with E-state index in [1.54, 1.807) is 24.3 Å². The fourth-order valence-corrected chi connectivity index (χ4v) is 8.70. The Morgan fingerprint density at radius 2 is 0.909 bits per heavy atom. The van der Waals surface area contributed by atoms with Crippen molar-refractivity contribution in [1.29, 1.82) is 0 Å². The molecule has 2 unspecified atom stereocenters. The number of ether oxygens (including phenoxy) is 6. The normalized spacial score (nSPS) is 12.5. The highest BCUT2D eigenvalue weighted by Gasteiger charge is 2.32. The van der Waals surface area contributed by atoms with Crippen LogP contribution in [0.1, 0.15) is 109 Å². The number of benzene rings is 2. The molecule has 1 heterocycles. The van der Waals surface area contributed by atoms with Gasteiger partial charge in [-0.2, -0.15) is 0 Å². The van der Waals surface area contributed by atoms with Gasteiger partial charge in [0.2, 0.25) is 11.8 Å². The number of Topliss-reactive ketones (excluding diaryl/α,β-unsaturated/α-hetero) is 3. The molecule has 0 saturated carbocycles. The number of guanidine groups is 2. The number of hydrogen-bond acceptors (Lipinski definition) is 22. The number of amides is 3. The number of nitrogens with one attached hydrogen (secondary N) is 3. The van der Waals surface area contributed by atoms with Crippen molar-refractivity contribution in [3.8, 4) is 11.5 Å². The molecule has 0 bridgehead atoms. The quantitative estimate of drug-likeness (QED) is 0.0154. The topological polar surface area (TPSA) is 493 Å². The minimum absolute atomic E-state index is 0.00320. The van der Waals surface area contributed by atoms with E-state index in [4.69, 9.17) is 74.3 Å². The molecule has 3 rings (SSSR count). The second-order valence-corrected chi connectivity index (χ2v) is 20.6. The number of rotatable bonds is 51. The summed E-state index contributed by atoms with van der Waals surface area (Å²) in [5.74, 6) is -7.10. The predicted octanol–water partition coefficient (Wildman–Crippen LogP) is 0.0353. The van der Waals surface area contributed by atoms with Gasteiger partial charge in [-0.05, 0) is 119 Å². The molecular weight excluding hydrogens is 1140 g/mol.